The van der Waals surface area contributed by atoms with Gasteiger partial charge in [0.2, 0.25) is 0 Å². The van der Waals surface area contributed by atoms with Crippen LogP contribution in [-0.2, 0) is 0 Å². The van der Waals surface area contributed by atoms with Crippen LogP contribution in [0.15, 0.2) is 12.3 Å². The minimum atomic E-state index is 0.0111. The molecule has 84 valence electrons. The first-order valence-electron chi connectivity index (χ1n) is 5.37. The first kappa shape index (κ1) is 11.9. The molecule has 1 aromatic heterocycles. The first-order chi connectivity index (χ1) is 7.09. The van der Waals surface area contributed by atoms with Gasteiger partial charge in [0.1, 0.15) is 5.82 Å². The van der Waals surface area contributed by atoms with Gasteiger partial charge >= 0.3 is 0 Å². The number of rotatable bonds is 5. The summed E-state index contributed by atoms with van der Waals surface area (Å²) >= 11 is 0. The quantitative estimate of drug-likeness (QED) is 0.773. The van der Waals surface area contributed by atoms with E-state index < -0.39 is 0 Å². The predicted octanol–water partition coefficient (Wildman–Crippen LogP) is 1.71. The summed E-state index contributed by atoms with van der Waals surface area (Å²) < 4.78 is 0. The SMILES string of the molecule is CCC(C)(CCN)Nc1cc(C)cnn1. The van der Waals surface area contributed by atoms with Gasteiger partial charge in [0.05, 0.1) is 6.20 Å². The summed E-state index contributed by atoms with van der Waals surface area (Å²) in [6, 6.07) is 2.00. The number of aromatic nitrogens is 2. The molecule has 0 saturated heterocycles. The van der Waals surface area contributed by atoms with E-state index in [9.17, 15) is 0 Å². The van der Waals surface area contributed by atoms with Crippen molar-refractivity contribution >= 4 is 5.82 Å². The Labute approximate surface area is 91.3 Å². The van der Waals surface area contributed by atoms with Gasteiger partial charge in [-0.2, -0.15) is 5.10 Å². The monoisotopic (exact) mass is 208 g/mol. The zero-order valence-electron chi connectivity index (χ0n) is 9.75. The van der Waals surface area contributed by atoms with Gasteiger partial charge < -0.3 is 11.1 Å². The van der Waals surface area contributed by atoms with E-state index in [-0.39, 0.29) is 5.54 Å². The van der Waals surface area contributed by atoms with E-state index >= 15 is 0 Å². The van der Waals surface area contributed by atoms with Crippen LogP contribution in [0.4, 0.5) is 5.82 Å². The third kappa shape index (κ3) is 3.47. The zero-order valence-corrected chi connectivity index (χ0v) is 9.75. The van der Waals surface area contributed by atoms with Crippen LogP contribution in [0.25, 0.3) is 0 Å². The fourth-order valence-corrected chi connectivity index (χ4v) is 1.48. The van der Waals surface area contributed by atoms with Crippen molar-refractivity contribution in [3.05, 3.63) is 17.8 Å². The molecular formula is C11H20N4. The van der Waals surface area contributed by atoms with E-state index in [0.29, 0.717) is 6.54 Å². The van der Waals surface area contributed by atoms with E-state index in [4.69, 9.17) is 5.73 Å². The summed E-state index contributed by atoms with van der Waals surface area (Å²) in [6.45, 7) is 6.98. The zero-order chi connectivity index (χ0) is 11.3. The lowest BCUT2D eigenvalue weighted by Gasteiger charge is -2.29. The van der Waals surface area contributed by atoms with Crippen molar-refractivity contribution < 1.29 is 0 Å². The molecule has 0 amide bonds. The largest absolute Gasteiger partial charge is 0.363 e. The average molecular weight is 208 g/mol. The molecule has 0 aliphatic heterocycles. The van der Waals surface area contributed by atoms with Crippen molar-refractivity contribution in [3.8, 4) is 0 Å². The van der Waals surface area contributed by atoms with Crippen LogP contribution in [0.3, 0.4) is 0 Å². The Balaban J connectivity index is 2.74. The van der Waals surface area contributed by atoms with E-state index in [0.717, 1.165) is 24.2 Å². The van der Waals surface area contributed by atoms with E-state index in [1.54, 1.807) is 6.20 Å². The van der Waals surface area contributed by atoms with Crippen molar-refractivity contribution in [2.24, 2.45) is 5.73 Å². The van der Waals surface area contributed by atoms with Crippen molar-refractivity contribution in [2.75, 3.05) is 11.9 Å². The van der Waals surface area contributed by atoms with E-state index in [1.807, 2.05) is 13.0 Å². The molecule has 0 spiro atoms. The summed E-state index contributed by atoms with van der Waals surface area (Å²) in [5.41, 5.74) is 6.72. The lowest BCUT2D eigenvalue weighted by Crippen LogP contribution is -2.36. The van der Waals surface area contributed by atoms with Crippen molar-refractivity contribution in [3.63, 3.8) is 0 Å². The standard InChI is InChI=1S/C11H20N4/c1-4-11(3,5-6-12)14-10-7-9(2)8-13-15-10/h7-8H,4-6,12H2,1-3H3,(H,14,15). The molecule has 1 rings (SSSR count). The highest BCUT2D eigenvalue weighted by molar-refractivity contribution is 5.38. The highest BCUT2D eigenvalue weighted by Crippen LogP contribution is 2.19. The summed E-state index contributed by atoms with van der Waals surface area (Å²) in [7, 11) is 0. The fraction of sp³-hybridized carbons (Fsp3) is 0.636. The minimum Gasteiger partial charge on any atom is -0.363 e. The number of hydrogen-bond acceptors (Lipinski definition) is 4. The van der Waals surface area contributed by atoms with Crippen LogP contribution in [0.1, 0.15) is 32.3 Å². The highest BCUT2D eigenvalue weighted by atomic mass is 15.2. The van der Waals surface area contributed by atoms with Gasteiger partial charge in [-0.1, -0.05) is 6.92 Å². The first-order valence-corrected chi connectivity index (χ1v) is 5.37. The number of hydrogen-bond donors (Lipinski definition) is 2. The third-order valence-electron chi connectivity index (χ3n) is 2.70. The predicted molar refractivity (Wildman–Crippen MR) is 62.8 cm³/mol. The Morgan fingerprint density at radius 2 is 2.27 bits per heavy atom. The van der Waals surface area contributed by atoms with E-state index in [2.05, 4.69) is 29.4 Å². The molecule has 1 aromatic rings. The molecule has 1 heterocycles. The summed E-state index contributed by atoms with van der Waals surface area (Å²) in [5, 5.41) is 11.4. The molecule has 3 N–H and O–H groups in total. The molecule has 1 atom stereocenters. The van der Waals surface area contributed by atoms with Gasteiger partial charge in [-0.05, 0) is 44.9 Å². The number of nitrogens with two attached hydrogens (primary N) is 1. The number of aryl methyl sites for hydroxylation is 1. The lowest BCUT2D eigenvalue weighted by molar-refractivity contribution is 0.461. The molecule has 0 aliphatic rings. The molecule has 0 saturated carbocycles. The second-order valence-corrected chi connectivity index (χ2v) is 4.20. The van der Waals surface area contributed by atoms with Gasteiger partial charge in [0.25, 0.3) is 0 Å². The number of nitrogens with one attached hydrogen (secondary N) is 1. The minimum absolute atomic E-state index is 0.0111. The molecule has 0 radical (unpaired) electrons. The van der Waals surface area contributed by atoms with Gasteiger partial charge in [-0.25, -0.2) is 0 Å². The van der Waals surface area contributed by atoms with Gasteiger partial charge in [-0.3, -0.25) is 0 Å². The summed E-state index contributed by atoms with van der Waals surface area (Å²) in [6.07, 6.45) is 3.69. The number of nitrogens with zero attached hydrogens (tertiary/aromatic N) is 2. The second-order valence-electron chi connectivity index (χ2n) is 4.20. The molecule has 0 bridgehead atoms. The Hall–Kier alpha value is -1.16. The average Bonchev–Trinajstić information content (AvgIpc) is 2.18. The molecule has 4 heteroatoms. The summed E-state index contributed by atoms with van der Waals surface area (Å²) in [5.74, 6) is 0.827. The molecular weight excluding hydrogens is 188 g/mol. The molecule has 1 unspecified atom stereocenters. The summed E-state index contributed by atoms with van der Waals surface area (Å²) in [4.78, 5) is 0. The Kier molecular flexibility index (Phi) is 4.03. The molecule has 15 heavy (non-hydrogen) atoms. The maximum absolute atomic E-state index is 5.60. The topological polar surface area (TPSA) is 63.8 Å². The fourth-order valence-electron chi connectivity index (χ4n) is 1.48. The smallest absolute Gasteiger partial charge is 0.149 e. The number of anilines is 1. The maximum atomic E-state index is 5.60. The van der Waals surface area contributed by atoms with Gasteiger partial charge in [-0.15, -0.1) is 5.10 Å². The molecule has 0 fully saturated rings. The lowest BCUT2D eigenvalue weighted by atomic mass is 9.94. The molecule has 0 aliphatic carbocycles. The Morgan fingerprint density at radius 1 is 1.53 bits per heavy atom. The van der Waals surface area contributed by atoms with Crippen LogP contribution < -0.4 is 11.1 Å². The second kappa shape index (κ2) is 5.07. The van der Waals surface area contributed by atoms with Crippen molar-refractivity contribution in [2.45, 2.75) is 39.2 Å². The molecule has 4 nitrogen and oxygen atoms in total. The van der Waals surface area contributed by atoms with Crippen LogP contribution in [0, 0.1) is 6.92 Å². The van der Waals surface area contributed by atoms with Gasteiger partial charge in [0.15, 0.2) is 0 Å². The Bertz CT molecular complexity index is 313. The van der Waals surface area contributed by atoms with E-state index in [1.165, 1.54) is 0 Å². The normalized spacial score (nSPS) is 14.7. The van der Waals surface area contributed by atoms with Gasteiger partial charge in [0, 0.05) is 5.54 Å². The maximum Gasteiger partial charge on any atom is 0.149 e. The highest BCUT2D eigenvalue weighted by Gasteiger charge is 2.21. The van der Waals surface area contributed by atoms with Crippen LogP contribution in [0.5, 0.6) is 0 Å². The van der Waals surface area contributed by atoms with Crippen molar-refractivity contribution in [1.82, 2.24) is 10.2 Å². The third-order valence-corrected chi connectivity index (χ3v) is 2.70. The van der Waals surface area contributed by atoms with Crippen molar-refractivity contribution in [1.29, 1.82) is 0 Å². The Morgan fingerprint density at radius 3 is 2.80 bits per heavy atom. The van der Waals surface area contributed by atoms with Crippen LogP contribution in [-0.4, -0.2) is 22.3 Å². The van der Waals surface area contributed by atoms with Crippen LogP contribution >= 0.6 is 0 Å². The van der Waals surface area contributed by atoms with Crippen LogP contribution in [0.2, 0.25) is 0 Å². The molecule has 0 aromatic carbocycles.